The van der Waals surface area contributed by atoms with E-state index in [-0.39, 0.29) is 18.2 Å². The molecule has 1 aromatic carbocycles. The normalized spacial score (nSPS) is 11.5. The molecule has 1 heterocycles. The Bertz CT molecular complexity index is 678. The van der Waals surface area contributed by atoms with Gasteiger partial charge in [-0.3, -0.25) is 4.79 Å². The van der Waals surface area contributed by atoms with Crippen LogP contribution in [0.1, 0.15) is 33.4 Å². The summed E-state index contributed by atoms with van der Waals surface area (Å²) in [6.07, 6.45) is 0. The summed E-state index contributed by atoms with van der Waals surface area (Å²) in [5.41, 5.74) is 1.98. The maximum Gasteiger partial charge on any atom is 0.270 e. The van der Waals surface area contributed by atoms with Crippen molar-refractivity contribution in [1.82, 2.24) is 10.3 Å². The van der Waals surface area contributed by atoms with Crippen molar-refractivity contribution >= 4 is 5.91 Å². The number of aliphatic hydroxyl groups is 1. The van der Waals surface area contributed by atoms with Gasteiger partial charge in [0, 0.05) is 0 Å². The van der Waals surface area contributed by atoms with Crippen LogP contribution in [0.4, 0.5) is 0 Å². The molecule has 1 aromatic heterocycles. The number of rotatable bonds is 4. The van der Waals surface area contributed by atoms with E-state index in [1.165, 1.54) is 6.07 Å². The van der Waals surface area contributed by atoms with Gasteiger partial charge in [-0.15, -0.1) is 0 Å². The van der Waals surface area contributed by atoms with Crippen molar-refractivity contribution in [3.05, 3.63) is 65.0 Å². The van der Waals surface area contributed by atoms with E-state index in [0.29, 0.717) is 11.3 Å². The monoisotopic (exact) mass is 281 g/mol. The number of benzene rings is 1. The van der Waals surface area contributed by atoms with E-state index < -0.39 is 6.04 Å². The van der Waals surface area contributed by atoms with E-state index in [0.717, 1.165) is 5.56 Å². The molecule has 21 heavy (non-hydrogen) atoms. The number of pyridine rings is 1. The predicted octanol–water partition coefficient (Wildman–Crippen LogP) is 1.73. The lowest BCUT2D eigenvalue weighted by molar-refractivity contribution is 0.0911. The van der Waals surface area contributed by atoms with E-state index >= 15 is 0 Å². The molecule has 0 saturated carbocycles. The highest BCUT2D eigenvalue weighted by molar-refractivity contribution is 5.92. The number of carbonyl (C=O) groups excluding carboxylic acids is 1. The van der Waals surface area contributed by atoms with Crippen LogP contribution >= 0.6 is 0 Å². The Kier molecular flexibility index (Phi) is 4.64. The Morgan fingerprint density at radius 2 is 2.05 bits per heavy atom. The summed E-state index contributed by atoms with van der Waals surface area (Å²) in [6.45, 7) is 1.47. The minimum atomic E-state index is -0.489. The van der Waals surface area contributed by atoms with Crippen LogP contribution in [0.2, 0.25) is 0 Å². The highest BCUT2D eigenvalue weighted by Crippen LogP contribution is 2.13. The topological polar surface area (TPSA) is 86.0 Å². The molecule has 2 aromatic rings. The van der Waals surface area contributed by atoms with Crippen molar-refractivity contribution < 1.29 is 9.90 Å². The van der Waals surface area contributed by atoms with Crippen molar-refractivity contribution in [2.24, 2.45) is 0 Å². The minimum absolute atomic E-state index is 0.203. The quantitative estimate of drug-likeness (QED) is 0.893. The average molecular weight is 281 g/mol. The first-order chi connectivity index (χ1) is 10.2. The maximum absolute atomic E-state index is 12.2. The van der Waals surface area contributed by atoms with E-state index in [4.69, 9.17) is 5.26 Å². The van der Waals surface area contributed by atoms with Crippen LogP contribution in [-0.2, 0) is 0 Å². The van der Waals surface area contributed by atoms with Gasteiger partial charge >= 0.3 is 0 Å². The Labute approximate surface area is 122 Å². The van der Waals surface area contributed by atoms with E-state index in [1.807, 2.05) is 36.4 Å². The lowest BCUT2D eigenvalue weighted by Crippen LogP contribution is -2.31. The number of nitriles is 1. The van der Waals surface area contributed by atoms with Crippen LogP contribution in [0.5, 0.6) is 0 Å². The van der Waals surface area contributed by atoms with E-state index in [9.17, 15) is 9.90 Å². The summed E-state index contributed by atoms with van der Waals surface area (Å²) < 4.78 is 0. The van der Waals surface area contributed by atoms with Gasteiger partial charge in [0.1, 0.15) is 11.8 Å². The van der Waals surface area contributed by atoms with Gasteiger partial charge in [-0.1, -0.05) is 30.3 Å². The second-order valence-electron chi connectivity index (χ2n) is 4.56. The second kappa shape index (κ2) is 6.64. The molecule has 1 atom stereocenters. The van der Waals surface area contributed by atoms with Crippen LogP contribution in [0.3, 0.4) is 0 Å². The van der Waals surface area contributed by atoms with Gasteiger partial charge in [0.2, 0.25) is 0 Å². The molecule has 0 radical (unpaired) electrons. The Morgan fingerprint density at radius 3 is 2.62 bits per heavy atom. The molecule has 2 N–H and O–H groups in total. The molecule has 5 nitrogen and oxygen atoms in total. The Hall–Kier alpha value is -2.71. The first-order valence-electron chi connectivity index (χ1n) is 6.50. The highest BCUT2D eigenvalue weighted by Gasteiger charge is 2.16. The van der Waals surface area contributed by atoms with E-state index in [2.05, 4.69) is 10.3 Å². The van der Waals surface area contributed by atoms with Gasteiger partial charge in [-0.25, -0.2) is 4.98 Å². The van der Waals surface area contributed by atoms with Crippen LogP contribution in [0, 0.1) is 18.3 Å². The number of aryl methyl sites for hydroxylation is 1. The molecular weight excluding hydrogens is 266 g/mol. The lowest BCUT2D eigenvalue weighted by atomic mass is 10.1. The fraction of sp³-hybridized carbons (Fsp3) is 0.188. The third-order valence-corrected chi connectivity index (χ3v) is 3.13. The number of hydrogen-bond acceptors (Lipinski definition) is 4. The fourth-order valence-electron chi connectivity index (χ4n) is 1.96. The van der Waals surface area contributed by atoms with Gasteiger partial charge < -0.3 is 10.4 Å². The first-order valence-corrected chi connectivity index (χ1v) is 6.50. The van der Waals surface area contributed by atoms with Crippen molar-refractivity contribution in [2.45, 2.75) is 13.0 Å². The molecule has 5 heteroatoms. The summed E-state index contributed by atoms with van der Waals surface area (Å²) in [5.74, 6) is -0.384. The van der Waals surface area contributed by atoms with Crippen LogP contribution in [-0.4, -0.2) is 22.6 Å². The predicted molar refractivity (Wildman–Crippen MR) is 77.4 cm³/mol. The standard InChI is InChI=1S/C16H15N3O2/c1-11-13(9-17)7-8-14(18-11)16(21)19-15(10-20)12-5-3-2-4-6-12/h2-8,15,20H,10H2,1H3,(H,19,21)/t15-/m0/s1. The lowest BCUT2D eigenvalue weighted by Gasteiger charge is -2.16. The van der Waals surface area contributed by atoms with E-state index in [1.54, 1.807) is 13.0 Å². The number of hydrogen-bond donors (Lipinski definition) is 2. The fourth-order valence-corrected chi connectivity index (χ4v) is 1.96. The largest absolute Gasteiger partial charge is 0.394 e. The molecule has 1 amide bonds. The molecule has 0 spiro atoms. The van der Waals surface area contributed by atoms with Crippen LogP contribution < -0.4 is 5.32 Å². The van der Waals surface area contributed by atoms with Crippen molar-refractivity contribution in [3.63, 3.8) is 0 Å². The molecular formula is C16H15N3O2. The zero-order valence-corrected chi connectivity index (χ0v) is 11.6. The molecule has 2 rings (SSSR count). The summed E-state index contributed by atoms with van der Waals surface area (Å²) in [6, 6.07) is 13.8. The molecule has 0 saturated heterocycles. The maximum atomic E-state index is 12.2. The van der Waals surface area contributed by atoms with Crippen molar-refractivity contribution in [2.75, 3.05) is 6.61 Å². The molecule has 0 unspecified atom stereocenters. The smallest absolute Gasteiger partial charge is 0.270 e. The Balaban J connectivity index is 2.17. The molecule has 0 bridgehead atoms. The number of aromatic nitrogens is 1. The molecule has 0 aliphatic heterocycles. The van der Waals surface area contributed by atoms with Crippen molar-refractivity contribution in [1.29, 1.82) is 5.26 Å². The van der Waals surface area contributed by atoms with Gasteiger partial charge in [0.25, 0.3) is 5.91 Å². The van der Waals surface area contributed by atoms with Crippen molar-refractivity contribution in [3.8, 4) is 6.07 Å². The zero-order valence-electron chi connectivity index (χ0n) is 11.6. The average Bonchev–Trinajstić information content (AvgIpc) is 2.53. The zero-order chi connectivity index (χ0) is 15.2. The first kappa shape index (κ1) is 14.7. The number of carbonyl (C=O) groups is 1. The molecule has 106 valence electrons. The number of nitrogens with zero attached hydrogens (tertiary/aromatic N) is 2. The van der Waals surface area contributed by atoms with Crippen LogP contribution in [0.15, 0.2) is 42.5 Å². The summed E-state index contributed by atoms with van der Waals surface area (Å²) >= 11 is 0. The second-order valence-corrected chi connectivity index (χ2v) is 4.56. The number of aliphatic hydroxyl groups excluding tert-OH is 1. The summed E-state index contributed by atoms with van der Waals surface area (Å²) in [4.78, 5) is 16.3. The summed E-state index contributed by atoms with van der Waals surface area (Å²) in [5, 5.41) is 21.0. The number of nitrogens with one attached hydrogen (secondary N) is 1. The van der Waals surface area contributed by atoms with Gasteiger partial charge in [0.15, 0.2) is 0 Å². The Morgan fingerprint density at radius 1 is 1.33 bits per heavy atom. The molecule has 0 aliphatic carbocycles. The minimum Gasteiger partial charge on any atom is -0.394 e. The number of amides is 1. The summed E-state index contributed by atoms with van der Waals surface area (Å²) in [7, 11) is 0. The molecule has 0 aliphatic rings. The van der Waals surface area contributed by atoms with Gasteiger partial charge in [-0.05, 0) is 24.6 Å². The van der Waals surface area contributed by atoms with Gasteiger partial charge in [0.05, 0.1) is 23.9 Å². The molecule has 0 fully saturated rings. The van der Waals surface area contributed by atoms with Crippen LogP contribution in [0.25, 0.3) is 0 Å². The SMILES string of the molecule is Cc1nc(C(=O)N[C@@H](CO)c2ccccc2)ccc1C#N. The third-order valence-electron chi connectivity index (χ3n) is 3.13. The van der Waals surface area contributed by atoms with Gasteiger partial charge in [-0.2, -0.15) is 5.26 Å². The third kappa shape index (κ3) is 3.44. The highest BCUT2D eigenvalue weighted by atomic mass is 16.3.